The van der Waals surface area contributed by atoms with Gasteiger partial charge in [-0.3, -0.25) is 4.99 Å². The van der Waals surface area contributed by atoms with Crippen molar-refractivity contribution in [2.75, 3.05) is 0 Å². The van der Waals surface area contributed by atoms with Gasteiger partial charge in [0.15, 0.2) is 0 Å². The molecule has 2 rings (SSSR count). The first kappa shape index (κ1) is 14.0. The summed E-state index contributed by atoms with van der Waals surface area (Å²) in [6.07, 6.45) is 7.53. The second kappa shape index (κ2) is 8.05. The molecule has 1 nitrogen and oxygen atoms in total. The number of nitrogens with zero attached hydrogens (tertiary/aromatic N) is 1. The van der Waals surface area contributed by atoms with Crippen LogP contribution in [0.2, 0.25) is 0 Å². The van der Waals surface area contributed by atoms with Crippen LogP contribution in [0.25, 0.3) is 0 Å². The van der Waals surface area contributed by atoms with Gasteiger partial charge in [0.25, 0.3) is 0 Å². The Bertz CT molecular complexity index is 344. The first-order valence-corrected chi connectivity index (χ1v) is 7.04. The summed E-state index contributed by atoms with van der Waals surface area (Å²) in [5.41, 5.74) is 3.97. The highest BCUT2D eigenvalue weighted by Gasteiger charge is 2.07. The molecule has 1 aromatic rings. The lowest BCUT2D eigenvalue weighted by molar-refractivity contribution is 0.667. The molecule has 0 aromatic heterocycles. The van der Waals surface area contributed by atoms with E-state index >= 15 is 0 Å². The van der Waals surface area contributed by atoms with E-state index in [1.165, 1.54) is 49.1 Å². The Morgan fingerprint density at radius 3 is 2.29 bits per heavy atom. The fourth-order valence-electron chi connectivity index (χ4n) is 2.16. The molecule has 0 bridgehead atoms. The van der Waals surface area contributed by atoms with E-state index in [9.17, 15) is 0 Å². The zero-order valence-electron chi connectivity index (χ0n) is 11.5. The van der Waals surface area contributed by atoms with Crippen LogP contribution in [0.4, 0.5) is 5.69 Å². The average molecular weight is 231 g/mol. The predicted octanol–water partition coefficient (Wildman–Crippen LogP) is 5.31. The van der Waals surface area contributed by atoms with Crippen LogP contribution in [0.15, 0.2) is 29.3 Å². The Hall–Kier alpha value is -1.11. The average Bonchev–Trinajstić information content (AvgIpc) is 2.43. The first-order valence-electron chi connectivity index (χ1n) is 7.04. The third-order valence-corrected chi connectivity index (χ3v) is 3.08. The van der Waals surface area contributed by atoms with Crippen molar-refractivity contribution in [3.05, 3.63) is 29.8 Å². The van der Waals surface area contributed by atoms with Gasteiger partial charge < -0.3 is 0 Å². The maximum atomic E-state index is 4.81. The minimum absolute atomic E-state index is 1.08. The van der Waals surface area contributed by atoms with E-state index in [1.54, 1.807) is 0 Å². The van der Waals surface area contributed by atoms with Crippen LogP contribution < -0.4 is 0 Å². The number of hydrogen-bond donors (Lipinski definition) is 0. The molecule has 1 heteroatoms. The summed E-state index contributed by atoms with van der Waals surface area (Å²) in [5.74, 6) is 0. The largest absolute Gasteiger partial charge is 0.258 e. The second-order valence-corrected chi connectivity index (χ2v) is 4.22. The number of para-hydroxylation sites is 1. The maximum absolute atomic E-state index is 4.81. The van der Waals surface area contributed by atoms with E-state index in [1.807, 2.05) is 13.8 Å². The molecule has 0 heterocycles. The van der Waals surface area contributed by atoms with E-state index in [0.29, 0.717) is 0 Å². The molecule has 0 unspecified atom stereocenters. The fourth-order valence-corrected chi connectivity index (χ4v) is 2.16. The summed E-state index contributed by atoms with van der Waals surface area (Å²) >= 11 is 0. The van der Waals surface area contributed by atoms with E-state index in [0.717, 1.165) is 6.42 Å². The van der Waals surface area contributed by atoms with Gasteiger partial charge in [-0.15, -0.1) is 0 Å². The number of aliphatic imine (C=N–C) groups is 1. The molecule has 0 aliphatic heterocycles. The van der Waals surface area contributed by atoms with Gasteiger partial charge in [0.05, 0.1) is 5.69 Å². The quantitative estimate of drug-likeness (QED) is 0.654. The molecule has 1 fully saturated rings. The van der Waals surface area contributed by atoms with Crippen molar-refractivity contribution in [1.29, 1.82) is 0 Å². The Kier molecular flexibility index (Phi) is 6.61. The molecule has 1 saturated carbocycles. The molecule has 1 aliphatic carbocycles. The molecule has 0 amide bonds. The molecular formula is C16H25N. The smallest absolute Gasteiger partial charge is 0.0660 e. The predicted molar refractivity (Wildman–Crippen MR) is 77.3 cm³/mol. The van der Waals surface area contributed by atoms with Gasteiger partial charge in [-0.25, -0.2) is 0 Å². The highest BCUT2D eigenvalue weighted by Crippen LogP contribution is 2.23. The molecule has 17 heavy (non-hydrogen) atoms. The fraction of sp³-hybridized carbons (Fsp3) is 0.562. The zero-order chi connectivity index (χ0) is 12.5. The van der Waals surface area contributed by atoms with Gasteiger partial charge >= 0.3 is 0 Å². The molecule has 0 N–H and O–H groups in total. The van der Waals surface area contributed by atoms with Crippen molar-refractivity contribution in [2.45, 2.75) is 59.3 Å². The van der Waals surface area contributed by atoms with Crippen LogP contribution in [0.5, 0.6) is 0 Å². The molecule has 0 spiro atoms. The molecule has 0 atom stereocenters. The SMILES string of the molecule is CC.CCc1ccccc1N=C1CCCCC1. The number of hydrogen-bond acceptors (Lipinski definition) is 1. The van der Waals surface area contributed by atoms with Gasteiger partial charge in [-0.1, -0.05) is 45.4 Å². The van der Waals surface area contributed by atoms with Crippen molar-refractivity contribution >= 4 is 11.4 Å². The van der Waals surface area contributed by atoms with Crippen LogP contribution >= 0.6 is 0 Å². The van der Waals surface area contributed by atoms with Gasteiger partial charge in [-0.2, -0.15) is 0 Å². The van der Waals surface area contributed by atoms with Crippen LogP contribution in [0.3, 0.4) is 0 Å². The molecule has 1 aliphatic rings. The van der Waals surface area contributed by atoms with Crippen molar-refractivity contribution < 1.29 is 0 Å². The summed E-state index contributed by atoms with van der Waals surface area (Å²) in [6.45, 7) is 6.19. The highest BCUT2D eigenvalue weighted by atomic mass is 14.8. The van der Waals surface area contributed by atoms with Crippen molar-refractivity contribution in [3.63, 3.8) is 0 Å². The standard InChI is InChI=1S/C14H19N.C2H6/c1-2-12-8-6-7-11-14(12)15-13-9-4-3-5-10-13;1-2/h6-8,11H,2-5,9-10H2,1H3;1-2H3. The summed E-state index contributed by atoms with van der Waals surface area (Å²) in [4.78, 5) is 4.81. The van der Waals surface area contributed by atoms with Gasteiger partial charge in [-0.05, 0) is 43.7 Å². The molecule has 94 valence electrons. The van der Waals surface area contributed by atoms with Gasteiger partial charge in [0.2, 0.25) is 0 Å². The number of benzene rings is 1. The summed E-state index contributed by atoms with van der Waals surface area (Å²) in [7, 11) is 0. The monoisotopic (exact) mass is 231 g/mol. The van der Waals surface area contributed by atoms with E-state index < -0.39 is 0 Å². The molecule has 0 radical (unpaired) electrons. The Labute approximate surface area is 106 Å². The van der Waals surface area contributed by atoms with Crippen molar-refractivity contribution in [2.24, 2.45) is 4.99 Å². The molecule has 0 saturated heterocycles. The minimum Gasteiger partial charge on any atom is -0.258 e. The van der Waals surface area contributed by atoms with E-state index in [2.05, 4.69) is 31.2 Å². The van der Waals surface area contributed by atoms with Crippen LogP contribution in [-0.4, -0.2) is 5.71 Å². The summed E-state index contributed by atoms with van der Waals surface area (Å²) < 4.78 is 0. The number of rotatable bonds is 2. The molecule has 1 aromatic carbocycles. The van der Waals surface area contributed by atoms with Gasteiger partial charge in [0, 0.05) is 5.71 Å². The Morgan fingerprint density at radius 2 is 1.65 bits per heavy atom. The number of aryl methyl sites for hydroxylation is 1. The summed E-state index contributed by atoms with van der Waals surface area (Å²) in [5, 5.41) is 0. The Morgan fingerprint density at radius 1 is 1.00 bits per heavy atom. The van der Waals surface area contributed by atoms with Crippen LogP contribution in [0.1, 0.15) is 58.4 Å². The lowest BCUT2D eigenvalue weighted by Crippen LogP contribution is -2.04. The third kappa shape index (κ3) is 4.33. The third-order valence-electron chi connectivity index (χ3n) is 3.08. The van der Waals surface area contributed by atoms with Crippen LogP contribution in [0, 0.1) is 0 Å². The topological polar surface area (TPSA) is 12.4 Å². The van der Waals surface area contributed by atoms with Crippen LogP contribution in [-0.2, 0) is 6.42 Å². The van der Waals surface area contributed by atoms with E-state index in [4.69, 9.17) is 4.99 Å². The lowest BCUT2D eigenvalue weighted by atomic mass is 9.98. The van der Waals surface area contributed by atoms with Gasteiger partial charge in [0.1, 0.15) is 0 Å². The van der Waals surface area contributed by atoms with Crippen molar-refractivity contribution in [1.82, 2.24) is 0 Å². The zero-order valence-corrected chi connectivity index (χ0v) is 11.5. The van der Waals surface area contributed by atoms with E-state index in [-0.39, 0.29) is 0 Å². The first-order chi connectivity index (χ1) is 8.40. The Balaban J connectivity index is 0.000000686. The lowest BCUT2D eigenvalue weighted by Gasteiger charge is -2.13. The highest BCUT2D eigenvalue weighted by molar-refractivity contribution is 5.87. The second-order valence-electron chi connectivity index (χ2n) is 4.22. The van der Waals surface area contributed by atoms with Crippen molar-refractivity contribution in [3.8, 4) is 0 Å². The normalized spacial score (nSPS) is 14.9. The summed E-state index contributed by atoms with van der Waals surface area (Å²) in [6, 6.07) is 8.51. The molecular weight excluding hydrogens is 206 g/mol. The minimum atomic E-state index is 1.08. The maximum Gasteiger partial charge on any atom is 0.0660 e.